The van der Waals surface area contributed by atoms with Crippen molar-refractivity contribution in [2.24, 2.45) is 0 Å². The zero-order valence-electron chi connectivity index (χ0n) is 23.6. The summed E-state index contributed by atoms with van der Waals surface area (Å²) in [6.07, 6.45) is -3.83. The van der Waals surface area contributed by atoms with Crippen molar-refractivity contribution in [1.82, 2.24) is 13.5 Å². The van der Waals surface area contributed by atoms with Crippen molar-refractivity contribution in [2.75, 3.05) is 20.7 Å². The van der Waals surface area contributed by atoms with Crippen LogP contribution in [0.15, 0.2) is 103 Å². The smallest absolute Gasteiger partial charge is 0.322 e. The molecule has 4 rings (SSSR count). The van der Waals surface area contributed by atoms with Crippen LogP contribution in [0.5, 0.6) is 0 Å². The van der Waals surface area contributed by atoms with Crippen molar-refractivity contribution in [3.63, 3.8) is 0 Å². The number of aromatic nitrogens is 2. The van der Waals surface area contributed by atoms with Crippen LogP contribution < -0.4 is 0 Å². The SMILES string of the molecule is CN(C)S(=O)(=O)n1nccc1C(O)[C@H](OCc1ccccc1)[C@H](OCc1ccccc1)[C@H](O)COCc1ccccc1. The summed E-state index contributed by atoms with van der Waals surface area (Å²) < 4.78 is 46.0. The van der Waals surface area contributed by atoms with Crippen LogP contribution in [0.1, 0.15) is 28.5 Å². The van der Waals surface area contributed by atoms with Crippen LogP contribution in [-0.2, 0) is 44.2 Å². The van der Waals surface area contributed by atoms with Gasteiger partial charge in [-0.05, 0) is 22.8 Å². The summed E-state index contributed by atoms with van der Waals surface area (Å²) in [5.74, 6) is 0. The molecule has 3 aromatic carbocycles. The number of ether oxygens (including phenoxy) is 3. The van der Waals surface area contributed by atoms with Crippen LogP contribution in [0.3, 0.4) is 0 Å². The van der Waals surface area contributed by atoms with Crippen molar-refractivity contribution in [1.29, 1.82) is 0 Å². The highest BCUT2D eigenvalue weighted by Crippen LogP contribution is 2.28. The first-order chi connectivity index (χ1) is 20.3. The van der Waals surface area contributed by atoms with Gasteiger partial charge in [-0.25, -0.2) is 0 Å². The van der Waals surface area contributed by atoms with E-state index in [-0.39, 0.29) is 32.1 Å². The molecular formula is C31H37N3O7S. The molecule has 42 heavy (non-hydrogen) atoms. The summed E-state index contributed by atoms with van der Waals surface area (Å²) in [5.41, 5.74) is 2.56. The van der Waals surface area contributed by atoms with E-state index in [1.165, 1.54) is 26.4 Å². The van der Waals surface area contributed by atoms with E-state index >= 15 is 0 Å². The first kappa shape index (κ1) is 31.5. The Morgan fingerprint density at radius 3 is 1.71 bits per heavy atom. The predicted molar refractivity (Wildman–Crippen MR) is 157 cm³/mol. The Balaban J connectivity index is 1.64. The second-order valence-corrected chi connectivity index (χ2v) is 11.9. The summed E-state index contributed by atoms with van der Waals surface area (Å²) >= 11 is 0. The lowest BCUT2D eigenvalue weighted by Crippen LogP contribution is -2.47. The van der Waals surface area contributed by atoms with Gasteiger partial charge in [-0.3, -0.25) is 0 Å². The van der Waals surface area contributed by atoms with Crippen LogP contribution in [0.25, 0.3) is 0 Å². The first-order valence-corrected chi connectivity index (χ1v) is 14.9. The Morgan fingerprint density at radius 1 is 0.738 bits per heavy atom. The number of hydrogen-bond acceptors (Lipinski definition) is 8. The van der Waals surface area contributed by atoms with Crippen LogP contribution >= 0.6 is 0 Å². The van der Waals surface area contributed by atoms with Crippen LogP contribution in [0.4, 0.5) is 0 Å². The topological polar surface area (TPSA) is 123 Å². The van der Waals surface area contributed by atoms with Crippen LogP contribution in [-0.4, -0.2) is 71.1 Å². The normalized spacial score (nSPS) is 14.9. The molecule has 0 aliphatic heterocycles. The van der Waals surface area contributed by atoms with Gasteiger partial charge in [0.15, 0.2) is 0 Å². The average molecular weight is 596 g/mol. The Hall–Kier alpha value is -3.42. The Morgan fingerprint density at radius 2 is 1.21 bits per heavy atom. The fourth-order valence-corrected chi connectivity index (χ4v) is 5.24. The largest absolute Gasteiger partial charge is 0.388 e. The van der Waals surface area contributed by atoms with Gasteiger partial charge in [-0.2, -0.15) is 17.8 Å². The fourth-order valence-electron chi connectivity index (χ4n) is 4.32. The number of rotatable bonds is 16. The maximum Gasteiger partial charge on any atom is 0.322 e. The van der Waals surface area contributed by atoms with Crippen molar-refractivity contribution < 1.29 is 32.8 Å². The average Bonchev–Trinajstić information content (AvgIpc) is 3.51. The molecule has 4 aromatic rings. The van der Waals surface area contributed by atoms with Gasteiger partial charge in [0.25, 0.3) is 0 Å². The third-order valence-corrected chi connectivity index (χ3v) is 8.27. The van der Waals surface area contributed by atoms with Gasteiger partial charge >= 0.3 is 10.2 Å². The number of benzene rings is 3. The number of aliphatic hydroxyl groups is 2. The fraction of sp³-hybridized carbons (Fsp3) is 0.323. The van der Waals surface area contributed by atoms with Gasteiger partial charge in [0, 0.05) is 14.1 Å². The maximum absolute atomic E-state index is 13.0. The maximum atomic E-state index is 13.0. The Labute approximate surface area is 246 Å². The third-order valence-electron chi connectivity index (χ3n) is 6.61. The van der Waals surface area contributed by atoms with Gasteiger partial charge in [0.05, 0.1) is 38.3 Å². The monoisotopic (exact) mass is 595 g/mol. The minimum atomic E-state index is -4.06. The van der Waals surface area contributed by atoms with E-state index in [0.29, 0.717) is 0 Å². The molecule has 0 fully saturated rings. The Kier molecular flexibility index (Phi) is 11.4. The lowest BCUT2D eigenvalue weighted by molar-refractivity contribution is -0.178. The molecule has 4 atom stereocenters. The van der Waals surface area contributed by atoms with E-state index < -0.39 is 34.6 Å². The van der Waals surface area contributed by atoms with Crippen LogP contribution in [0.2, 0.25) is 0 Å². The summed E-state index contributed by atoms with van der Waals surface area (Å²) in [4.78, 5) is 0. The minimum Gasteiger partial charge on any atom is -0.388 e. The molecule has 11 heteroatoms. The highest BCUT2D eigenvalue weighted by Gasteiger charge is 2.39. The second-order valence-electron chi connectivity index (χ2n) is 9.92. The summed E-state index contributed by atoms with van der Waals surface area (Å²) in [6.45, 7) is 0.311. The minimum absolute atomic E-state index is 0.0347. The highest BCUT2D eigenvalue weighted by molar-refractivity contribution is 7.87. The van der Waals surface area contributed by atoms with Crippen molar-refractivity contribution in [2.45, 2.75) is 44.2 Å². The van der Waals surface area contributed by atoms with E-state index in [4.69, 9.17) is 14.2 Å². The van der Waals surface area contributed by atoms with Gasteiger partial charge in [-0.1, -0.05) is 91.0 Å². The molecule has 224 valence electrons. The molecule has 0 amide bonds. The first-order valence-electron chi connectivity index (χ1n) is 13.5. The van der Waals surface area contributed by atoms with E-state index in [9.17, 15) is 18.6 Å². The van der Waals surface area contributed by atoms with E-state index in [2.05, 4.69) is 5.10 Å². The Bertz CT molecular complexity index is 1450. The molecule has 2 N–H and O–H groups in total. The molecule has 0 aliphatic carbocycles. The standard InChI is InChI=1S/C31H37N3O7S/c1-33(2)42(37,38)34-27(18-19-32-34)29(36)31(41-22-26-16-10-5-11-17-26)30(40-21-25-14-8-4-9-15-25)28(35)23-39-20-24-12-6-3-7-13-24/h3-19,28-31,35-36H,20-23H2,1-2H3/t28-,29?,30-,31+/m1/s1. The number of aliphatic hydroxyl groups excluding tert-OH is 2. The molecule has 0 radical (unpaired) electrons. The van der Waals surface area contributed by atoms with Gasteiger partial charge in [0.2, 0.25) is 0 Å². The molecule has 1 heterocycles. The molecule has 0 aliphatic rings. The second kappa shape index (κ2) is 15.2. The van der Waals surface area contributed by atoms with Gasteiger partial charge < -0.3 is 24.4 Å². The van der Waals surface area contributed by atoms with Gasteiger partial charge in [-0.15, -0.1) is 4.09 Å². The van der Waals surface area contributed by atoms with Crippen molar-refractivity contribution >= 4 is 10.2 Å². The quantitative estimate of drug-likeness (QED) is 0.202. The molecule has 0 saturated heterocycles. The third kappa shape index (κ3) is 8.33. The van der Waals surface area contributed by atoms with Gasteiger partial charge in [0.1, 0.15) is 24.4 Å². The molecule has 1 unspecified atom stereocenters. The van der Waals surface area contributed by atoms with E-state index in [1.807, 2.05) is 91.0 Å². The zero-order chi connectivity index (χ0) is 30.0. The lowest BCUT2D eigenvalue weighted by Gasteiger charge is -2.34. The molecular weight excluding hydrogens is 558 g/mol. The molecule has 0 saturated carbocycles. The van der Waals surface area contributed by atoms with Crippen LogP contribution in [0, 0.1) is 0 Å². The molecule has 10 nitrogen and oxygen atoms in total. The molecule has 0 bridgehead atoms. The van der Waals surface area contributed by atoms with E-state index in [1.54, 1.807) is 0 Å². The molecule has 0 spiro atoms. The van der Waals surface area contributed by atoms with E-state index in [0.717, 1.165) is 25.1 Å². The summed E-state index contributed by atoms with van der Waals surface area (Å²) in [6, 6.07) is 29.6. The number of nitrogens with zero attached hydrogens (tertiary/aromatic N) is 3. The summed E-state index contributed by atoms with van der Waals surface area (Å²) in [7, 11) is -1.32. The number of hydrogen-bond donors (Lipinski definition) is 2. The lowest BCUT2D eigenvalue weighted by atomic mass is 10.00. The van der Waals surface area contributed by atoms with Crippen molar-refractivity contribution in [3.8, 4) is 0 Å². The summed E-state index contributed by atoms with van der Waals surface area (Å²) in [5, 5.41) is 27.1. The predicted octanol–water partition coefficient (Wildman–Crippen LogP) is 3.32. The molecule has 1 aromatic heterocycles. The highest BCUT2D eigenvalue weighted by atomic mass is 32.2. The zero-order valence-corrected chi connectivity index (χ0v) is 24.5. The van der Waals surface area contributed by atoms with Crippen molar-refractivity contribution in [3.05, 3.63) is 126 Å².